The first-order valence-corrected chi connectivity index (χ1v) is 7.83. The Morgan fingerprint density at radius 3 is 2.81 bits per heavy atom. The second-order valence-electron chi connectivity index (χ2n) is 5.68. The molecule has 1 aliphatic rings. The van der Waals surface area contributed by atoms with Crippen LogP contribution in [0.5, 0.6) is 5.75 Å². The molecule has 0 bridgehead atoms. The lowest BCUT2D eigenvalue weighted by atomic mass is 9.94. The number of rotatable bonds is 5. The van der Waals surface area contributed by atoms with E-state index in [2.05, 4.69) is 54.7 Å². The quantitative estimate of drug-likeness (QED) is 0.898. The highest BCUT2D eigenvalue weighted by molar-refractivity contribution is 5.43. The van der Waals surface area contributed by atoms with Gasteiger partial charge in [-0.1, -0.05) is 49.7 Å². The van der Waals surface area contributed by atoms with E-state index in [9.17, 15) is 0 Å². The molecule has 1 atom stereocenters. The van der Waals surface area contributed by atoms with Gasteiger partial charge in [0, 0.05) is 6.42 Å². The highest BCUT2D eigenvalue weighted by Crippen LogP contribution is 2.30. The number of hydrogen-bond acceptors (Lipinski definition) is 2. The monoisotopic (exact) mass is 281 g/mol. The minimum Gasteiger partial charge on any atom is -0.493 e. The second kappa shape index (κ2) is 6.31. The van der Waals surface area contributed by atoms with Crippen LogP contribution in [0.3, 0.4) is 0 Å². The number of aryl methyl sites for hydroxylation is 1. The highest BCUT2D eigenvalue weighted by atomic mass is 16.5. The van der Waals surface area contributed by atoms with Crippen LogP contribution in [-0.2, 0) is 12.8 Å². The van der Waals surface area contributed by atoms with E-state index in [-0.39, 0.29) is 6.04 Å². The Balaban J connectivity index is 1.92. The van der Waals surface area contributed by atoms with Gasteiger partial charge in [0.1, 0.15) is 5.75 Å². The van der Waals surface area contributed by atoms with Gasteiger partial charge in [-0.2, -0.15) is 0 Å². The number of fused-ring (bicyclic) bond motifs is 1. The molecule has 1 heterocycles. The summed E-state index contributed by atoms with van der Waals surface area (Å²) in [6.45, 7) is 3.04. The molecule has 2 nitrogen and oxygen atoms in total. The Morgan fingerprint density at radius 1 is 1.14 bits per heavy atom. The predicted molar refractivity (Wildman–Crippen MR) is 87.0 cm³/mol. The molecule has 2 aromatic rings. The number of ether oxygens (including phenoxy) is 1. The van der Waals surface area contributed by atoms with E-state index >= 15 is 0 Å². The molecule has 0 aliphatic carbocycles. The van der Waals surface area contributed by atoms with Crippen molar-refractivity contribution in [2.75, 3.05) is 13.7 Å². The minimum absolute atomic E-state index is 0.243. The lowest BCUT2D eigenvalue weighted by molar-refractivity contribution is 0.357. The van der Waals surface area contributed by atoms with Crippen molar-refractivity contribution in [3.05, 3.63) is 64.7 Å². The Labute approximate surface area is 127 Å². The maximum atomic E-state index is 5.60. The molecule has 2 aromatic carbocycles. The van der Waals surface area contributed by atoms with Gasteiger partial charge in [0.15, 0.2) is 0 Å². The van der Waals surface area contributed by atoms with Crippen LogP contribution in [0.4, 0.5) is 0 Å². The van der Waals surface area contributed by atoms with Crippen LogP contribution in [0.25, 0.3) is 0 Å². The third kappa shape index (κ3) is 2.96. The van der Waals surface area contributed by atoms with E-state index in [0.29, 0.717) is 0 Å². The van der Waals surface area contributed by atoms with Crippen molar-refractivity contribution in [2.24, 2.45) is 0 Å². The third-order valence-corrected chi connectivity index (χ3v) is 4.16. The van der Waals surface area contributed by atoms with E-state index in [0.717, 1.165) is 25.2 Å². The molecule has 1 unspecified atom stereocenters. The molecule has 110 valence electrons. The zero-order chi connectivity index (χ0) is 14.7. The average molecular weight is 281 g/mol. The molecular formula is C19H23NO. The average Bonchev–Trinajstić information content (AvgIpc) is 2.96. The van der Waals surface area contributed by atoms with Crippen molar-refractivity contribution in [1.82, 2.24) is 5.32 Å². The Hall–Kier alpha value is -1.80. The van der Waals surface area contributed by atoms with Gasteiger partial charge >= 0.3 is 0 Å². The van der Waals surface area contributed by atoms with Crippen LogP contribution in [0.15, 0.2) is 42.5 Å². The molecule has 0 radical (unpaired) electrons. The normalized spacial score (nSPS) is 14.6. The van der Waals surface area contributed by atoms with Crippen molar-refractivity contribution in [3.8, 4) is 5.75 Å². The Morgan fingerprint density at radius 2 is 2.00 bits per heavy atom. The number of benzene rings is 2. The molecule has 0 saturated carbocycles. The van der Waals surface area contributed by atoms with E-state index in [1.54, 1.807) is 0 Å². The van der Waals surface area contributed by atoms with Gasteiger partial charge in [0.25, 0.3) is 0 Å². The van der Waals surface area contributed by atoms with Crippen LogP contribution in [0, 0.1) is 0 Å². The fourth-order valence-corrected chi connectivity index (χ4v) is 3.13. The van der Waals surface area contributed by atoms with Crippen LogP contribution < -0.4 is 10.1 Å². The van der Waals surface area contributed by atoms with Gasteiger partial charge in [-0.25, -0.2) is 0 Å². The molecule has 0 fully saturated rings. The maximum absolute atomic E-state index is 5.60. The first kappa shape index (κ1) is 14.2. The fourth-order valence-electron chi connectivity index (χ4n) is 3.13. The third-order valence-electron chi connectivity index (χ3n) is 4.16. The van der Waals surface area contributed by atoms with Gasteiger partial charge in [0.05, 0.1) is 12.6 Å². The van der Waals surface area contributed by atoms with Crippen LogP contribution in [0.2, 0.25) is 0 Å². The van der Waals surface area contributed by atoms with Crippen molar-refractivity contribution in [2.45, 2.75) is 32.2 Å². The van der Waals surface area contributed by atoms with E-state index in [1.807, 2.05) is 7.05 Å². The molecule has 2 heteroatoms. The lowest BCUT2D eigenvalue weighted by Gasteiger charge is -2.19. The molecule has 1 N–H and O–H groups in total. The van der Waals surface area contributed by atoms with Gasteiger partial charge in [-0.3, -0.25) is 0 Å². The summed E-state index contributed by atoms with van der Waals surface area (Å²) in [6.07, 6.45) is 3.35. The largest absolute Gasteiger partial charge is 0.493 e. The van der Waals surface area contributed by atoms with Crippen molar-refractivity contribution in [3.63, 3.8) is 0 Å². The Bertz CT molecular complexity index is 621. The molecule has 21 heavy (non-hydrogen) atoms. The zero-order valence-corrected chi connectivity index (χ0v) is 12.9. The van der Waals surface area contributed by atoms with Gasteiger partial charge in [-0.15, -0.1) is 0 Å². The van der Waals surface area contributed by atoms with Crippen molar-refractivity contribution in [1.29, 1.82) is 0 Å². The molecule has 0 amide bonds. The zero-order valence-electron chi connectivity index (χ0n) is 12.9. The van der Waals surface area contributed by atoms with Crippen LogP contribution in [0.1, 0.15) is 41.6 Å². The van der Waals surface area contributed by atoms with Crippen molar-refractivity contribution < 1.29 is 4.74 Å². The lowest BCUT2D eigenvalue weighted by Crippen LogP contribution is -2.18. The van der Waals surface area contributed by atoms with Gasteiger partial charge in [-0.05, 0) is 41.8 Å². The van der Waals surface area contributed by atoms with Crippen LogP contribution >= 0.6 is 0 Å². The van der Waals surface area contributed by atoms with E-state index < -0.39 is 0 Å². The fraction of sp³-hybridized carbons (Fsp3) is 0.368. The summed E-state index contributed by atoms with van der Waals surface area (Å²) in [4.78, 5) is 0. The smallest absolute Gasteiger partial charge is 0.122 e. The summed E-state index contributed by atoms with van der Waals surface area (Å²) in [5.41, 5.74) is 5.40. The van der Waals surface area contributed by atoms with Gasteiger partial charge in [0.2, 0.25) is 0 Å². The number of hydrogen-bond donors (Lipinski definition) is 1. The first-order chi connectivity index (χ1) is 10.3. The minimum atomic E-state index is 0.243. The van der Waals surface area contributed by atoms with Gasteiger partial charge < -0.3 is 10.1 Å². The summed E-state index contributed by atoms with van der Waals surface area (Å²) in [7, 11) is 2.03. The van der Waals surface area contributed by atoms with E-state index in [1.165, 1.54) is 28.7 Å². The summed E-state index contributed by atoms with van der Waals surface area (Å²) in [6, 6.07) is 15.7. The summed E-state index contributed by atoms with van der Waals surface area (Å²) < 4.78 is 5.60. The standard InChI is InChI=1S/C19H23NO/c1-3-5-14-6-4-7-16(12-14)19(20-2)17-8-9-18-15(13-17)10-11-21-18/h4,6-9,12-13,19-20H,3,5,10-11H2,1-2H3. The van der Waals surface area contributed by atoms with E-state index in [4.69, 9.17) is 4.74 Å². The summed E-state index contributed by atoms with van der Waals surface area (Å²) in [5, 5.41) is 3.45. The SMILES string of the molecule is CCCc1cccc(C(NC)c2ccc3c(c2)CCO3)c1. The highest BCUT2D eigenvalue weighted by Gasteiger charge is 2.17. The molecule has 3 rings (SSSR count). The molecule has 0 spiro atoms. The maximum Gasteiger partial charge on any atom is 0.122 e. The first-order valence-electron chi connectivity index (χ1n) is 7.83. The molecular weight excluding hydrogens is 258 g/mol. The van der Waals surface area contributed by atoms with Crippen molar-refractivity contribution >= 4 is 0 Å². The molecule has 0 saturated heterocycles. The topological polar surface area (TPSA) is 21.3 Å². The summed E-state index contributed by atoms with van der Waals surface area (Å²) in [5.74, 6) is 1.05. The summed E-state index contributed by atoms with van der Waals surface area (Å²) >= 11 is 0. The van der Waals surface area contributed by atoms with Crippen LogP contribution in [-0.4, -0.2) is 13.7 Å². The predicted octanol–water partition coefficient (Wildman–Crippen LogP) is 3.88. The number of nitrogens with one attached hydrogen (secondary N) is 1. The molecule has 1 aliphatic heterocycles. The second-order valence-corrected chi connectivity index (χ2v) is 5.68. The Kier molecular flexibility index (Phi) is 4.26. The molecule has 0 aromatic heterocycles.